The Bertz CT molecular complexity index is 642. The first-order chi connectivity index (χ1) is 11.2. The van der Waals surface area contributed by atoms with Gasteiger partial charge in [-0.3, -0.25) is 9.28 Å². The number of quaternary nitrogens is 1. The zero-order chi connectivity index (χ0) is 16.1. The Morgan fingerprint density at radius 1 is 0.826 bits per heavy atom. The Kier molecular flexibility index (Phi) is 4.53. The largest absolute Gasteiger partial charge is 0.350 e. The minimum Gasteiger partial charge on any atom is -0.350 e. The summed E-state index contributed by atoms with van der Waals surface area (Å²) in [5.41, 5.74) is 2.23. The highest BCUT2D eigenvalue weighted by Gasteiger charge is 2.39. The Balaban J connectivity index is 1.94. The zero-order valence-electron chi connectivity index (χ0n) is 13.1. The summed E-state index contributed by atoms with van der Waals surface area (Å²) < 4.78 is 0.284. The molecule has 4 nitrogen and oxygen atoms in total. The van der Waals surface area contributed by atoms with E-state index < -0.39 is 0 Å². The molecule has 0 atom stereocenters. The van der Waals surface area contributed by atoms with E-state index in [-0.39, 0.29) is 22.7 Å². The van der Waals surface area contributed by atoms with Gasteiger partial charge < -0.3 is 5.32 Å². The molecule has 0 aromatic heterocycles. The van der Waals surface area contributed by atoms with Crippen LogP contribution in [0.1, 0.15) is 17.5 Å². The molecule has 4 heteroatoms. The second-order valence-electron chi connectivity index (χ2n) is 6.08. The first-order valence-corrected chi connectivity index (χ1v) is 7.92. The van der Waals surface area contributed by atoms with Crippen LogP contribution in [0.2, 0.25) is 0 Å². The lowest BCUT2D eigenvalue weighted by Crippen LogP contribution is -2.52. The van der Waals surface area contributed by atoms with E-state index in [1.54, 1.807) is 0 Å². The molecule has 0 unspecified atom stereocenters. The van der Waals surface area contributed by atoms with Crippen molar-refractivity contribution in [3.63, 3.8) is 0 Å². The van der Waals surface area contributed by atoms with Crippen LogP contribution in [0.15, 0.2) is 60.7 Å². The van der Waals surface area contributed by atoms with Crippen molar-refractivity contribution in [1.29, 1.82) is 0 Å². The van der Waals surface area contributed by atoms with Gasteiger partial charge in [0.1, 0.15) is 26.1 Å². The van der Waals surface area contributed by atoms with Gasteiger partial charge in [0, 0.05) is 11.1 Å². The first kappa shape index (κ1) is 15.4. The van der Waals surface area contributed by atoms with Crippen molar-refractivity contribution in [3.05, 3.63) is 71.8 Å². The van der Waals surface area contributed by atoms with Gasteiger partial charge in [-0.1, -0.05) is 60.7 Å². The third-order valence-electron chi connectivity index (χ3n) is 4.36. The summed E-state index contributed by atoms with van der Waals surface area (Å²) in [6.07, 6.45) is -0.0420. The second kappa shape index (κ2) is 6.75. The molecule has 2 amide bonds. The maximum atomic E-state index is 12.9. The second-order valence-corrected chi connectivity index (χ2v) is 6.08. The predicted octanol–water partition coefficient (Wildman–Crippen LogP) is 2.25. The number of nitrogens with zero attached hydrogens (tertiary/aromatic N) is 1. The molecule has 1 saturated heterocycles. The molecule has 0 aliphatic carbocycles. The molecule has 2 aromatic rings. The van der Waals surface area contributed by atoms with Gasteiger partial charge in [0.25, 0.3) is 0 Å². The van der Waals surface area contributed by atoms with Crippen LogP contribution < -0.4 is 5.32 Å². The average Bonchev–Trinajstić information content (AvgIpc) is 2.68. The van der Waals surface area contributed by atoms with Gasteiger partial charge in [-0.2, -0.15) is 0 Å². The highest BCUT2D eigenvalue weighted by atomic mass is 16.2. The quantitative estimate of drug-likeness (QED) is 0.695. The number of rotatable bonds is 4. The molecule has 1 fully saturated rings. The van der Waals surface area contributed by atoms with Crippen LogP contribution in [0.3, 0.4) is 0 Å². The van der Waals surface area contributed by atoms with Crippen LogP contribution in [0.5, 0.6) is 0 Å². The smallest absolute Gasteiger partial charge is 0.323 e. The standard InChI is InChI=1S/C19H20N2O2/c22-18-13-19(23)21(12-11-20-18,14-16-7-3-1-4-8-16)15-17-9-5-2-6-10-17/h1-10H,11-15H2/p+1. The molecule has 3 rings (SSSR count). The molecule has 1 aliphatic rings. The molecule has 0 saturated carbocycles. The molecule has 118 valence electrons. The van der Waals surface area contributed by atoms with Gasteiger partial charge in [0.2, 0.25) is 5.91 Å². The lowest BCUT2D eigenvalue weighted by atomic mass is 10.1. The Morgan fingerprint density at radius 2 is 1.35 bits per heavy atom. The summed E-state index contributed by atoms with van der Waals surface area (Å²) in [6, 6.07) is 20.1. The molecule has 0 spiro atoms. The molecule has 23 heavy (non-hydrogen) atoms. The van der Waals surface area contributed by atoms with Gasteiger partial charge in [0.05, 0.1) is 6.54 Å². The molecule has 0 bridgehead atoms. The average molecular weight is 309 g/mol. The molecule has 0 radical (unpaired) electrons. The molecular formula is C19H21N2O2+. The number of hydrogen-bond donors (Lipinski definition) is 1. The third-order valence-corrected chi connectivity index (χ3v) is 4.36. The fourth-order valence-corrected chi connectivity index (χ4v) is 3.16. The topological polar surface area (TPSA) is 46.2 Å². The summed E-state index contributed by atoms with van der Waals surface area (Å²) in [6.45, 7) is 2.38. The lowest BCUT2D eigenvalue weighted by Gasteiger charge is -2.34. The zero-order valence-corrected chi connectivity index (χ0v) is 13.1. The number of benzene rings is 2. The Hall–Kier alpha value is -2.46. The summed E-state index contributed by atoms with van der Waals surface area (Å²) in [5.74, 6) is -0.177. The van der Waals surface area contributed by atoms with Crippen molar-refractivity contribution < 1.29 is 14.1 Å². The van der Waals surface area contributed by atoms with Gasteiger partial charge in [-0.05, 0) is 0 Å². The van der Waals surface area contributed by atoms with Crippen molar-refractivity contribution in [3.8, 4) is 0 Å². The van der Waals surface area contributed by atoms with Gasteiger partial charge in [-0.25, -0.2) is 4.79 Å². The van der Waals surface area contributed by atoms with Crippen molar-refractivity contribution >= 4 is 11.8 Å². The first-order valence-electron chi connectivity index (χ1n) is 7.92. The van der Waals surface area contributed by atoms with E-state index in [0.29, 0.717) is 26.2 Å². The minimum absolute atomic E-state index is 0.00675. The van der Waals surface area contributed by atoms with Crippen molar-refractivity contribution in [2.24, 2.45) is 0 Å². The lowest BCUT2D eigenvalue weighted by molar-refractivity contribution is -0.879. The highest BCUT2D eigenvalue weighted by molar-refractivity contribution is 5.94. The summed E-state index contributed by atoms with van der Waals surface area (Å²) in [5, 5.41) is 2.83. The number of amides is 2. The fourth-order valence-electron chi connectivity index (χ4n) is 3.16. The Labute approximate surface area is 136 Å². The van der Waals surface area contributed by atoms with Gasteiger partial charge in [-0.15, -0.1) is 0 Å². The number of nitrogens with one attached hydrogen (secondary N) is 1. The van der Waals surface area contributed by atoms with Crippen LogP contribution in [0.4, 0.5) is 0 Å². The van der Waals surface area contributed by atoms with Crippen LogP contribution in [-0.4, -0.2) is 29.4 Å². The number of carbonyl (C=O) groups excluding carboxylic acids is 2. The SMILES string of the molecule is O=C1CC(=O)[N+](Cc2ccccc2)(Cc2ccccc2)CCN1. The van der Waals surface area contributed by atoms with E-state index in [4.69, 9.17) is 0 Å². The van der Waals surface area contributed by atoms with Gasteiger partial charge >= 0.3 is 5.91 Å². The number of hydrogen-bond acceptors (Lipinski definition) is 2. The molecule has 2 aromatic carbocycles. The van der Waals surface area contributed by atoms with Crippen molar-refractivity contribution in [2.45, 2.75) is 19.5 Å². The fraction of sp³-hybridized carbons (Fsp3) is 0.263. The van der Waals surface area contributed by atoms with Crippen LogP contribution in [0.25, 0.3) is 0 Å². The van der Waals surface area contributed by atoms with Crippen LogP contribution >= 0.6 is 0 Å². The summed E-state index contributed by atoms with van der Waals surface area (Å²) in [7, 11) is 0. The van der Waals surface area contributed by atoms with Gasteiger partial charge in [0.15, 0.2) is 0 Å². The minimum atomic E-state index is -0.170. The molecule has 1 aliphatic heterocycles. The number of carbonyl (C=O) groups is 2. The van der Waals surface area contributed by atoms with Crippen molar-refractivity contribution in [2.75, 3.05) is 13.1 Å². The Morgan fingerprint density at radius 3 is 1.87 bits per heavy atom. The molecular weight excluding hydrogens is 288 g/mol. The summed E-state index contributed by atoms with van der Waals surface area (Å²) in [4.78, 5) is 24.6. The van der Waals surface area contributed by atoms with Crippen LogP contribution in [0, 0.1) is 0 Å². The van der Waals surface area contributed by atoms with Crippen molar-refractivity contribution in [1.82, 2.24) is 5.32 Å². The molecule has 1 N–H and O–H groups in total. The van der Waals surface area contributed by atoms with E-state index >= 15 is 0 Å². The van der Waals surface area contributed by atoms with Crippen LogP contribution in [-0.2, 0) is 22.7 Å². The van der Waals surface area contributed by atoms with E-state index in [2.05, 4.69) is 5.32 Å². The van der Waals surface area contributed by atoms with E-state index in [1.807, 2.05) is 60.7 Å². The molecule has 1 heterocycles. The van der Waals surface area contributed by atoms with E-state index in [9.17, 15) is 9.59 Å². The maximum Gasteiger partial charge on any atom is 0.323 e. The normalized spacial score (nSPS) is 17.4. The summed E-state index contributed by atoms with van der Waals surface area (Å²) >= 11 is 0. The highest BCUT2D eigenvalue weighted by Crippen LogP contribution is 2.23. The maximum absolute atomic E-state index is 12.9. The van der Waals surface area contributed by atoms with E-state index in [1.165, 1.54) is 0 Å². The predicted molar refractivity (Wildman–Crippen MR) is 88.1 cm³/mol. The van der Waals surface area contributed by atoms with E-state index in [0.717, 1.165) is 11.1 Å². The third kappa shape index (κ3) is 3.66. The monoisotopic (exact) mass is 309 g/mol.